The number of hydrogen-bond acceptors (Lipinski definition) is 8. The van der Waals surface area contributed by atoms with Crippen molar-refractivity contribution in [2.45, 2.75) is 4.90 Å². The number of pyridine rings is 1. The van der Waals surface area contributed by atoms with Gasteiger partial charge in [-0.05, 0) is 54.1 Å². The molecule has 2 aromatic carbocycles. The molecule has 36 heavy (non-hydrogen) atoms. The number of nitrogens with one attached hydrogen (secondary N) is 2. The van der Waals surface area contributed by atoms with E-state index in [0.29, 0.717) is 28.3 Å². The van der Waals surface area contributed by atoms with Crippen molar-refractivity contribution in [3.8, 4) is 11.5 Å². The molecule has 0 spiro atoms. The highest BCUT2D eigenvalue weighted by atomic mass is 32.2. The van der Waals surface area contributed by atoms with Crippen LogP contribution in [0.4, 0.5) is 10.8 Å². The molecule has 11 heteroatoms. The summed E-state index contributed by atoms with van der Waals surface area (Å²) in [5, 5.41) is 4.76. The van der Waals surface area contributed by atoms with Crippen LogP contribution in [0.25, 0.3) is 11.6 Å². The van der Waals surface area contributed by atoms with Gasteiger partial charge in [-0.15, -0.1) is 11.3 Å². The van der Waals surface area contributed by atoms with Crippen LogP contribution in [-0.4, -0.2) is 38.5 Å². The van der Waals surface area contributed by atoms with Crippen molar-refractivity contribution in [2.24, 2.45) is 0 Å². The van der Waals surface area contributed by atoms with E-state index in [1.165, 1.54) is 48.9 Å². The third kappa shape index (κ3) is 5.88. The van der Waals surface area contributed by atoms with E-state index in [-0.39, 0.29) is 10.0 Å². The van der Waals surface area contributed by atoms with Crippen molar-refractivity contribution >= 4 is 49.7 Å². The minimum absolute atomic E-state index is 0.0454. The number of rotatable bonds is 9. The van der Waals surface area contributed by atoms with E-state index in [1.807, 2.05) is 0 Å². The van der Waals surface area contributed by atoms with Gasteiger partial charge in [-0.2, -0.15) is 0 Å². The van der Waals surface area contributed by atoms with E-state index in [0.717, 1.165) is 5.56 Å². The molecule has 0 saturated carbocycles. The molecular weight excluding hydrogens is 500 g/mol. The molecule has 0 aliphatic rings. The average Bonchev–Trinajstić information content (AvgIpc) is 3.40. The van der Waals surface area contributed by atoms with Gasteiger partial charge in [-0.1, -0.05) is 12.1 Å². The maximum atomic E-state index is 13.3. The highest BCUT2D eigenvalue weighted by molar-refractivity contribution is 7.93. The summed E-state index contributed by atoms with van der Waals surface area (Å²) in [6.45, 7) is 0. The summed E-state index contributed by atoms with van der Waals surface area (Å²) < 4.78 is 38.2. The third-order valence-electron chi connectivity index (χ3n) is 5.01. The Hall–Kier alpha value is -4.22. The monoisotopic (exact) mass is 522 g/mol. The predicted molar refractivity (Wildman–Crippen MR) is 140 cm³/mol. The Bertz CT molecular complexity index is 1470. The van der Waals surface area contributed by atoms with E-state index >= 15 is 0 Å². The second-order valence-electron chi connectivity index (χ2n) is 7.34. The number of thiazole rings is 1. The number of sulfonamides is 1. The van der Waals surface area contributed by atoms with E-state index < -0.39 is 15.9 Å². The van der Waals surface area contributed by atoms with Gasteiger partial charge in [0.2, 0.25) is 0 Å². The van der Waals surface area contributed by atoms with Crippen molar-refractivity contribution in [1.29, 1.82) is 0 Å². The number of aromatic nitrogens is 2. The first kappa shape index (κ1) is 24.9. The number of anilines is 2. The number of carbonyl (C=O) groups excluding carboxylic acids is 1. The lowest BCUT2D eigenvalue weighted by Gasteiger charge is -2.12. The van der Waals surface area contributed by atoms with Gasteiger partial charge in [0.1, 0.15) is 0 Å². The van der Waals surface area contributed by atoms with Crippen LogP contribution in [0.15, 0.2) is 83.5 Å². The van der Waals surface area contributed by atoms with E-state index in [9.17, 15) is 13.2 Å². The van der Waals surface area contributed by atoms with Gasteiger partial charge in [0, 0.05) is 40.8 Å². The van der Waals surface area contributed by atoms with E-state index in [4.69, 9.17) is 9.47 Å². The molecule has 9 nitrogen and oxygen atoms in total. The fraction of sp³-hybridized carbons (Fsp3) is 0.0800. The van der Waals surface area contributed by atoms with Crippen molar-refractivity contribution in [3.63, 3.8) is 0 Å². The minimum atomic E-state index is -3.80. The molecule has 2 N–H and O–H groups in total. The highest BCUT2D eigenvalue weighted by Gasteiger charge is 2.17. The van der Waals surface area contributed by atoms with Gasteiger partial charge >= 0.3 is 0 Å². The van der Waals surface area contributed by atoms with Crippen molar-refractivity contribution in [2.75, 3.05) is 24.3 Å². The first-order valence-corrected chi connectivity index (χ1v) is 12.9. The summed E-state index contributed by atoms with van der Waals surface area (Å²) in [4.78, 5) is 21.4. The lowest BCUT2D eigenvalue weighted by molar-refractivity contribution is -0.111. The number of benzene rings is 2. The van der Waals surface area contributed by atoms with Crippen LogP contribution in [0.5, 0.6) is 11.5 Å². The standard InChI is InChI=1S/C25H22N4O5S2/c1-33-22-10-5-17(15-23(22)34-2)14-21(18-4-3-11-26-16-18)24(30)28-19-6-8-20(9-7-19)36(31,32)29-25-27-12-13-35-25/h3-16H,1-2H3,(H,27,29)(H,28,30)/b21-14-. The molecule has 4 rings (SSSR count). The number of methoxy groups -OCH3 is 2. The molecule has 1 amide bonds. The van der Waals surface area contributed by atoms with Crippen molar-refractivity contribution in [1.82, 2.24) is 9.97 Å². The minimum Gasteiger partial charge on any atom is -0.493 e. The molecule has 4 aromatic rings. The zero-order chi connectivity index (χ0) is 25.5. The summed E-state index contributed by atoms with van der Waals surface area (Å²) in [6, 6.07) is 14.7. The molecule has 0 radical (unpaired) electrons. The van der Waals surface area contributed by atoms with Crippen LogP contribution in [0.3, 0.4) is 0 Å². The lowest BCUT2D eigenvalue weighted by atomic mass is 10.0. The Balaban J connectivity index is 1.59. The number of hydrogen-bond donors (Lipinski definition) is 2. The number of ether oxygens (including phenoxy) is 2. The van der Waals surface area contributed by atoms with Crippen LogP contribution in [0.2, 0.25) is 0 Å². The SMILES string of the molecule is COc1ccc(/C=C(\C(=O)Nc2ccc(S(=O)(=O)Nc3nccs3)cc2)c2cccnc2)cc1OC. The molecular formula is C25H22N4O5S2. The molecule has 0 unspecified atom stereocenters. The maximum Gasteiger partial charge on any atom is 0.263 e. The van der Waals surface area contributed by atoms with Gasteiger partial charge in [0.15, 0.2) is 16.6 Å². The van der Waals surface area contributed by atoms with E-state index in [1.54, 1.807) is 61.3 Å². The fourth-order valence-electron chi connectivity index (χ4n) is 3.27. The number of amides is 1. The van der Waals surface area contributed by atoms with Crippen LogP contribution in [0, 0.1) is 0 Å². The van der Waals surface area contributed by atoms with Crippen molar-refractivity contribution in [3.05, 3.63) is 89.7 Å². The summed E-state index contributed by atoms with van der Waals surface area (Å²) in [7, 11) is -0.710. The molecule has 2 aromatic heterocycles. The Labute approximate surface area is 212 Å². The smallest absolute Gasteiger partial charge is 0.263 e. The van der Waals surface area contributed by atoms with Gasteiger partial charge in [-0.3, -0.25) is 14.5 Å². The molecule has 0 aliphatic carbocycles. The molecule has 0 atom stereocenters. The Morgan fingerprint density at radius 1 is 1.00 bits per heavy atom. The number of carbonyl (C=O) groups is 1. The second-order valence-corrected chi connectivity index (χ2v) is 9.91. The quantitative estimate of drug-likeness (QED) is 0.310. The fourth-order valence-corrected chi connectivity index (χ4v) is 5.06. The maximum absolute atomic E-state index is 13.3. The molecule has 0 aliphatic heterocycles. The molecule has 184 valence electrons. The zero-order valence-corrected chi connectivity index (χ0v) is 21.0. The Kier molecular flexibility index (Phi) is 7.62. The van der Waals surface area contributed by atoms with Crippen LogP contribution in [-0.2, 0) is 14.8 Å². The van der Waals surface area contributed by atoms with Crippen LogP contribution < -0.4 is 19.5 Å². The molecule has 2 heterocycles. The topological polar surface area (TPSA) is 120 Å². The first-order chi connectivity index (χ1) is 17.4. The summed E-state index contributed by atoms with van der Waals surface area (Å²) in [6.07, 6.45) is 6.43. The van der Waals surface area contributed by atoms with Crippen molar-refractivity contribution < 1.29 is 22.7 Å². The first-order valence-electron chi connectivity index (χ1n) is 10.6. The number of nitrogens with zero attached hydrogens (tertiary/aromatic N) is 2. The Morgan fingerprint density at radius 2 is 1.78 bits per heavy atom. The van der Waals surface area contributed by atoms with Crippen LogP contribution >= 0.6 is 11.3 Å². The van der Waals surface area contributed by atoms with E-state index in [2.05, 4.69) is 20.0 Å². The summed E-state index contributed by atoms with van der Waals surface area (Å²) >= 11 is 1.18. The van der Waals surface area contributed by atoms with Gasteiger partial charge in [0.05, 0.1) is 19.1 Å². The zero-order valence-electron chi connectivity index (χ0n) is 19.3. The third-order valence-corrected chi connectivity index (χ3v) is 7.18. The summed E-state index contributed by atoms with van der Waals surface area (Å²) in [5.74, 6) is 0.705. The lowest BCUT2D eigenvalue weighted by Crippen LogP contribution is -2.15. The van der Waals surface area contributed by atoms with Gasteiger partial charge in [0.25, 0.3) is 15.9 Å². The summed E-state index contributed by atoms with van der Waals surface area (Å²) in [5.41, 5.74) is 2.11. The molecule has 0 bridgehead atoms. The van der Waals surface area contributed by atoms with Gasteiger partial charge in [-0.25, -0.2) is 13.4 Å². The predicted octanol–water partition coefficient (Wildman–Crippen LogP) is 4.54. The average molecular weight is 523 g/mol. The highest BCUT2D eigenvalue weighted by Crippen LogP contribution is 2.30. The normalized spacial score (nSPS) is 11.6. The van der Waals surface area contributed by atoms with Gasteiger partial charge < -0.3 is 14.8 Å². The second kappa shape index (κ2) is 11.0. The molecule has 0 saturated heterocycles. The largest absolute Gasteiger partial charge is 0.493 e. The Morgan fingerprint density at radius 3 is 2.42 bits per heavy atom. The molecule has 0 fully saturated rings. The van der Waals surface area contributed by atoms with Crippen LogP contribution in [0.1, 0.15) is 11.1 Å².